The fourth-order valence-electron chi connectivity index (χ4n) is 12.0. The van der Waals surface area contributed by atoms with E-state index in [4.69, 9.17) is 23.2 Å². The van der Waals surface area contributed by atoms with E-state index in [2.05, 4.69) is 66.8 Å². The zero-order chi connectivity index (χ0) is 65.5. The van der Waals surface area contributed by atoms with Gasteiger partial charge in [0.15, 0.2) is 0 Å². The van der Waals surface area contributed by atoms with Crippen molar-refractivity contribution in [1.29, 1.82) is 0 Å². The molecule has 0 saturated carbocycles. The van der Waals surface area contributed by atoms with Gasteiger partial charge in [0.05, 0.1) is 24.7 Å². The van der Waals surface area contributed by atoms with E-state index in [1.807, 2.05) is 178 Å². The standard InChI is InChI=1S/C41H40ClNO5.C37H38ClNO5/c1-28(43(39(44)25-36(41(47)48)26-40(45)46)27-30-16-18-32-11-6-8-13-35(32)24-30)38(33-19-21-37(42)22-20-33)14-4-2-3-9-29-15-17-31-10-5-7-12-34(31)23-29;1-26(34(30-18-20-33(38)21-19-30)15-7-3-6-12-27-10-4-2-5-11-27)39(35(40)23-32(37(43)44)24-36(41)42)25-28-16-17-29-13-8-9-14-31(29)22-28/h3,5-13,15-24,28,36,38H,2,4,14,25-27H2,1H3,(H,45,46)(H,47,48);2,4-6,8-14,16-22,26,32,34H,3,7,15,23-25H2,1H3,(H,41,42)(H,43,44)/b9-3+;12-6+. The molecule has 6 unspecified atom stereocenters. The number of carboxylic acids is 4. The van der Waals surface area contributed by atoms with Crippen molar-refractivity contribution >= 4 is 103 Å². The summed E-state index contributed by atoms with van der Waals surface area (Å²) < 4.78 is 0. The van der Waals surface area contributed by atoms with Crippen molar-refractivity contribution in [2.24, 2.45) is 11.8 Å². The number of carbonyl (C=O) groups excluding carboxylic acids is 2. The number of nitrogens with zero attached hydrogens (tertiary/aromatic N) is 2. The molecule has 9 aromatic rings. The second kappa shape index (κ2) is 34.2. The van der Waals surface area contributed by atoms with Gasteiger partial charge in [-0.25, -0.2) is 0 Å². The molecule has 9 rings (SSSR count). The number of benzene rings is 9. The van der Waals surface area contributed by atoms with Crippen molar-refractivity contribution in [1.82, 2.24) is 9.80 Å². The van der Waals surface area contributed by atoms with Crippen LogP contribution in [0.25, 0.3) is 44.5 Å². The fourth-order valence-corrected chi connectivity index (χ4v) is 12.3. The first-order valence-electron chi connectivity index (χ1n) is 31.2. The highest BCUT2D eigenvalue weighted by Gasteiger charge is 2.34. The molecule has 0 heterocycles. The monoisotopic (exact) mass is 1270 g/mol. The first-order valence-corrected chi connectivity index (χ1v) is 32.0. The number of halogens is 2. The maximum absolute atomic E-state index is 14.0. The van der Waals surface area contributed by atoms with Gasteiger partial charge in [-0.1, -0.05) is 211 Å². The summed E-state index contributed by atoms with van der Waals surface area (Å²) in [5, 5.41) is 46.0. The van der Waals surface area contributed by atoms with Crippen LogP contribution < -0.4 is 0 Å². The van der Waals surface area contributed by atoms with Crippen LogP contribution in [0.15, 0.2) is 218 Å². The summed E-state index contributed by atoms with van der Waals surface area (Å²) in [7, 11) is 0. The van der Waals surface area contributed by atoms with Crippen LogP contribution in [0.5, 0.6) is 0 Å². The molecule has 9 aromatic carbocycles. The predicted molar refractivity (Wildman–Crippen MR) is 368 cm³/mol. The smallest absolute Gasteiger partial charge is 0.307 e. The Morgan fingerprint density at radius 3 is 1.15 bits per heavy atom. The number of carboxylic acid groups (broad SMARTS) is 4. The SMILES string of the molecule is CC(C(CCC/C=C/c1ccc2ccccc2c1)c1ccc(Cl)cc1)N(Cc1ccc2ccccc2c1)C(=O)CC(CC(=O)O)C(=O)O.CC(C(CCC/C=C/c1ccccc1)c1ccc(Cl)cc1)N(Cc1ccc2ccccc2c1)C(=O)CC(CC(=O)O)C(=O)O. The number of hydrogen-bond donors (Lipinski definition) is 4. The lowest BCUT2D eigenvalue weighted by atomic mass is 9.86. The highest BCUT2D eigenvalue weighted by molar-refractivity contribution is 6.30. The molecule has 0 fully saturated rings. The Hall–Kier alpha value is -9.36. The number of allylic oxidation sites excluding steroid dienone is 2. The van der Waals surface area contributed by atoms with E-state index in [1.54, 1.807) is 9.80 Å². The second-order valence-electron chi connectivity index (χ2n) is 23.6. The first-order chi connectivity index (χ1) is 44.4. The number of hydrogen-bond acceptors (Lipinski definition) is 6. The lowest BCUT2D eigenvalue weighted by Crippen LogP contribution is -2.43. The molecule has 0 aliphatic carbocycles. The number of rotatable bonds is 30. The number of aliphatic carboxylic acids is 4. The third kappa shape index (κ3) is 20.3. The van der Waals surface area contributed by atoms with Crippen molar-refractivity contribution < 1.29 is 49.2 Å². The van der Waals surface area contributed by atoms with E-state index >= 15 is 0 Å². The molecule has 92 heavy (non-hydrogen) atoms. The van der Waals surface area contributed by atoms with Crippen molar-refractivity contribution in [3.05, 3.63) is 262 Å². The quantitative estimate of drug-likeness (QED) is 0.0315. The maximum Gasteiger partial charge on any atom is 0.307 e. The van der Waals surface area contributed by atoms with Gasteiger partial charge in [0.1, 0.15) is 0 Å². The molecule has 0 aliphatic heterocycles. The molecule has 2 amide bonds. The average Bonchev–Trinajstić information content (AvgIpc) is 1.03. The van der Waals surface area contributed by atoms with Gasteiger partial charge >= 0.3 is 23.9 Å². The minimum absolute atomic E-state index is 0.0652. The third-order valence-corrected chi connectivity index (χ3v) is 17.6. The van der Waals surface area contributed by atoms with Crippen LogP contribution in [0.1, 0.15) is 123 Å². The number of unbranched alkanes of at least 4 members (excludes halogenated alkanes) is 2. The summed E-state index contributed by atoms with van der Waals surface area (Å²) in [5.41, 5.74) is 6.16. The molecule has 12 nitrogen and oxygen atoms in total. The van der Waals surface area contributed by atoms with Crippen LogP contribution in [0, 0.1) is 11.8 Å². The van der Waals surface area contributed by atoms with Gasteiger partial charge in [0.25, 0.3) is 0 Å². The van der Waals surface area contributed by atoms with Crippen LogP contribution in [0.4, 0.5) is 0 Å². The molecule has 4 N–H and O–H groups in total. The summed E-state index contributed by atoms with van der Waals surface area (Å²) in [6.45, 7) is 4.51. The van der Waals surface area contributed by atoms with Crippen LogP contribution in [-0.4, -0.2) is 78.0 Å². The van der Waals surface area contributed by atoms with Gasteiger partial charge in [-0.3, -0.25) is 28.8 Å². The Labute approximate surface area is 548 Å². The molecule has 474 valence electrons. The van der Waals surface area contributed by atoms with Gasteiger partial charge in [-0.15, -0.1) is 0 Å². The molecular weight excluding hydrogens is 1200 g/mol. The molecule has 0 radical (unpaired) electrons. The topological polar surface area (TPSA) is 190 Å². The van der Waals surface area contributed by atoms with Crippen LogP contribution in [0.3, 0.4) is 0 Å². The van der Waals surface area contributed by atoms with E-state index in [0.29, 0.717) is 10.0 Å². The summed E-state index contributed by atoms with van der Waals surface area (Å²) in [5.74, 6) is -8.65. The normalized spacial score (nSPS) is 13.4. The summed E-state index contributed by atoms with van der Waals surface area (Å²) >= 11 is 12.5. The molecule has 0 aromatic heterocycles. The highest BCUT2D eigenvalue weighted by atomic mass is 35.5. The van der Waals surface area contributed by atoms with E-state index in [-0.39, 0.29) is 48.8 Å². The van der Waals surface area contributed by atoms with Gasteiger partial charge in [0.2, 0.25) is 11.8 Å². The molecule has 0 bridgehead atoms. The maximum atomic E-state index is 14.0. The molecule has 0 saturated heterocycles. The highest BCUT2D eigenvalue weighted by Crippen LogP contribution is 2.35. The van der Waals surface area contributed by atoms with Crippen LogP contribution in [-0.2, 0) is 41.9 Å². The van der Waals surface area contributed by atoms with Gasteiger partial charge in [-0.05, 0) is 161 Å². The zero-order valence-corrected chi connectivity index (χ0v) is 53.3. The number of carbonyl (C=O) groups is 6. The molecule has 0 spiro atoms. The second-order valence-corrected chi connectivity index (χ2v) is 24.4. The van der Waals surface area contributed by atoms with E-state index < -0.39 is 61.4 Å². The van der Waals surface area contributed by atoms with E-state index in [1.165, 1.54) is 10.8 Å². The Bertz CT molecular complexity index is 4020. The van der Waals surface area contributed by atoms with Crippen molar-refractivity contribution in [3.8, 4) is 0 Å². The Kier molecular flexibility index (Phi) is 25.5. The van der Waals surface area contributed by atoms with Gasteiger partial charge < -0.3 is 30.2 Å². The summed E-state index contributed by atoms with van der Waals surface area (Å²) in [6.07, 6.45) is 11.5. The first kappa shape index (κ1) is 68.5. The molecule has 14 heteroatoms. The summed E-state index contributed by atoms with van der Waals surface area (Å²) in [4.78, 5) is 78.1. The predicted octanol–water partition coefficient (Wildman–Crippen LogP) is 18.0. The van der Waals surface area contributed by atoms with Crippen molar-refractivity contribution in [2.45, 2.75) is 115 Å². The van der Waals surface area contributed by atoms with E-state index in [0.717, 1.165) is 93.5 Å². The van der Waals surface area contributed by atoms with Crippen LogP contribution >= 0.6 is 23.2 Å². The minimum atomic E-state index is -1.32. The third-order valence-electron chi connectivity index (χ3n) is 17.1. The van der Waals surface area contributed by atoms with Crippen molar-refractivity contribution in [2.75, 3.05) is 0 Å². The Morgan fingerprint density at radius 1 is 0.402 bits per heavy atom. The largest absolute Gasteiger partial charge is 0.481 e. The molecular formula is C78H78Cl2N2O10. The van der Waals surface area contributed by atoms with Gasteiger partial charge in [-0.2, -0.15) is 0 Å². The molecule has 6 atom stereocenters. The Balaban J connectivity index is 0.000000238. The lowest BCUT2D eigenvalue weighted by molar-refractivity contribution is -0.151. The van der Waals surface area contributed by atoms with Crippen LogP contribution in [0.2, 0.25) is 10.0 Å². The number of fused-ring (bicyclic) bond motifs is 3. The van der Waals surface area contributed by atoms with Gasteiger partial charge in [0, 0.05) is 59.9 Å². The number of amides is 2. The minimum Gasteiger partial charge on any atom is -0.481 e. The van der Waals surface area contributed by atoms with Crippen molar-refractivity contribution in [3.63, 3.8) is 0 Å². The summed E-state index contributed by atoms with van der Waals surface area (Å²) in [6, 6.07) is 67.5. The molecule has 0 aliphatic rings. The van der Waals surface area contributed by atoms with E-state index in [9.17, 15) is 49.2 Å². The zero-order valence-electron chi connectivity index (χ0n) is 51.8. The fraction of sp³-hybridized carbons (Fsp3) is 0.256. The Morgan fingerprint density at radius 2 is 0.761 bits per heavy atom. The lowest BCUT2D eigenvalue weighted by Gasteiger charge is -2.36. The average molecular weight is 1270 g/mol.